The van der Waals surface area contributed by atoms with E-state index in [1.807, 2.05) is 13.8 Å². The zero-order chi connectivity index (χ0) is 15.6. The first-order chi connectivity index (χ1) is 9.88. The van der Waals surface area contributed by atoms with Crippen molar-refractivity contribution < 1.29 is 19.8 Å². The second-order valence-corrected chi connectivity index (χ2v) is 5.65. The molecule has 6 nitrogen and oxygen atoms in total. The van der Waals surface area contributed by atoms with Gasteiger partial charge in [0.2, 0.25) is 0 Å². The summed E-state index contributed by atoms with van der Waals surface area (Å²) in [6, 6.07) is 3.59. The van der Waals surface area contributed by atoms with Crippen LogP contribution in [0.15, 0.2) is 18.2 Å². The standard InChI is InChI=1S/C15H20N2O4/c1-9(2)17(8-10-3-4-10)15(21)16-13-6-5-11(18)7-12(13)14(19)20/h5-7,9-10,18H,3-4,8H2,1-2H3,(H,16,21)(H,19,20). The molecule has 3 N–H and O–H groups in total. The van der Waals surface area contributed by atoms with Gasteiger partial charge in [0, 0.05) is 12.6 Å². The number of benzene rings is 1. The van der Waals surface area contributed by atoms with Crippen LogP contribution in [0.3, 0.4) is 0 Å². The van der Waals surface area contributed by atoms with Crippen molar-refractivity contribution in [3.8, 4) is 5.75 Å². The van der Waals surface area contributed by atoms with Crippen LogP contribution in [0.2, 0.25) is 0 Å². The molecule has 1 aliphatic carbocycles. The SMILES string of the molecule is CC(C)N(CC1CC1)C(=O)Nc1ccc(O)cc1C(=O)O. The van der Waals surface area contributed by atoms with E-state index < -0.39 is 5.97 Å². The molecule has 0 spiro atoms. The number of anilines is 1. The molecule has 0 heterocycles. The van der Waals surface area contributed by atoms with Gasteiger partial charge in [0.05, 0.1) is 11.3 Å². The van der Waals surface area contributed by atoms with E-state index in [2.05, 4.69) is 5.32 Å². The molecule has 6 heteroatoms. The summed E-state index contributed by atoms with van der Waals surface area (Å²) in [5.74, 6) is -0.791. The number of carbonyl (C=O) groups excluding carboxylic acids is 1. The summed E-state index contributed by atoms with van der Waals surface area (Å²) in [6.45, 7) is 4.54. The highest BCUT2D eigenvalue weighted by Gasteiger charge is 2.28. The average Bonchev–Trinajstić information content (AvgIpc) is 3.21. The second kappa shape index (κ2) is 6.03. The van der Waals surface area contributed by atoms with E-state index in [0.29, 0.717) is 12.5 Å². The number of hydrogen-bond donors (Lipinski definition) is 3. The predicted octanol–water partition coefficient (Wildman–Crippen LogP) is 2.74. The molecule has 2 amide bonds. The molecule has 0 unspecified atom stereocenters. The van der Waals surface area contributed by atoms with E-state index in [4.69, 9.17) is 5.11 Å². The zero-order valence-electron chi connectivity index (χ0n) is 12.2. The summed E-state index contributed by atoms with van der Waals surface area (Å²) in [4.78, 5) is 25.2. The lowest BCUT2D eigenvalue weighted by molar-refractivity contribution is 0.0697. The van der Waals surface area contributed by atoms with Crippen LogP contribution in [0, 0.1) is 5.92 Å². The molecule has 0 bridgehead atoms. The number of phenols is 1. The number of nitrogens with one attached hydrogen (secondary N) is 1. The van der Waals surface area contributed by atoms with Gasteiger partial charge < -0.3 is 20.4 Å². The Balaban J connectivity index is 2.15. The number of urea groups is 1. The summed E-state index contributed by atoms with van der Waals surface area (Å²) in [5, 5.41) is 21.1. The summed E-state index contributed by atoms with van der Waals surface area (Å²) < 4.78 is 0. The highest BCUT2D eigenvalue weighted by atomic mass is 16.4. The van der Waals surface area contributed by atoms with Crippen molar-refractivity contribution in [2.24, 2.45) is 5.92 Å². The quantitative estimate of drug-likeness (QED) is 0.728. The Morgan fingerprint density at radius 3 is 2.57 bits per heavy atom. The van der Waals surface area contributed by atoms with E-state index in [9.17, 15) is 14.7 Å². The van der Waals surface area contributed by atoms with Crippen molar-refractivity contribution in [2.45, 2.75) is 32.7 Å². The first kappa shape index (κ1) is 15.2. The summed E-state index contributed by atoms with van der Waals surface area (Å²) >= 11 is 0. The highest BCUT2D eigenvalue weighted by molar-refractivity contribution is 6.00. The monoisotopic (exact) mass is 292 g/mol. The Morgan fingerprint density at radius 2 is 2.05 bits per heavy atom. The first-order valence-corrected chi connectivity index (χ1v) is 7.02. The van der Waals surface area contributed by atoms with Crippen molar-refractivity contribution in [3.05, 3.63) is 23.8 Å². The summed E-state index contributed by atoms with van der Waals surface area (Å²) in [6.07, 6.45) is 2.27. The van der Waals surface area contributed by atoms with Crippen LogP contribution in [0.1, 0.15) is 37.0 Å². The third-order valence-electron chi connectivity index (χ3n) is 3.51. The molecule has 0 radical (unpaired) electrons. The lowest BCUT2D eigenvalue weighted by atomic mass is 10.1. The van der Waals surface area contributed by atoms with Gasteiger partial charge in [-0.3, -0.25) is 0 Å². The molecule has 21 heavy (non-hydrogen) atoms. The number of aromatic hydroxyl groups is 1. The number of rotatable bonds is 5. The maximum absolute atomic E-state index is 12.3. The first-order valence-electron chi connectivity index (χ1n) is 7.02. The smallest absolute Gasteiger partial charge is 0.337 e. The van der Waals surface area contributed by atoms with Gasteiger partial charge in [0.15, 0.2) is 0 Å². The highest BCUT2D eigenvalue weighted by Crippen LogP contribution is 2.30. The minimum absolute atomic E-state index is 0.0380. The van der Waals surface area contributed by atoms with E-state index in [1.54, 1.807) is 4.90 Å². The predicted molar refractivity (Wildman–Crippen MR) is 78.7 cm³/mol. The molecule has 1 aromatic carbocycles. The van der Waals surface area contributed by atoms with Gasteiger partial charge in [-0.15, -0.1) is 0 Å². The Hall–Kier alpha value is -2.24. The molecule has 0 aromatic heterocycles. The fourth-order valence-electron chi connectivity index (χ4n) is 2.11. The van der Waals surface area contributed by atoms with Crippen LogP contribution in [-0.2, 0) is 0 Å². The zero-order valence-corrected chi connectivity index (χ0v) is 12.2. The number of hydrogen-bond acceptors (Lipinski definition) is 3. The Morgan fingerprint density at radius 1 is 1.38 bits per heavy atom. The molecule has 2 rings (SSSR count). The molecule has 1 aromatic rings. The van der Waals surface area contributed by atoms with Gasteiger partial charge in [-0.2, -0.15) is 0 Å². The fourth-order valence-corrected chi connectivity index (χ4v) is 2.11. The van der Waals surface area contributed by atoms with Crippen LogP contribution in [-0.4, -0.2) is 39.7 Å². The van der Waals surface area contributed by atoms with Gasteiger partial charge in [0.1, 0.15) is 5.75 Å². The molecule has 1 fully saturated rings. The number of carboxylic acids is 1. The van der Waals surface area contributed by atoms with Crippen LogP contribution >= 0.6 is 0 Å². The normalized spacial score (nSPS) is 14.0. The number of nitrogens with zero attached hydrogens (tertiary/aromatic N) is 1. The largest absolute Gasteiger partial charge is 0.508 e. The maximum Gasteiger partial charge on any atom is 0.337 e. The lowest BCUT2D eigenvalue weighted by Crippen LogP contribution is -2.41. The Labute approximate surface area is 123 Å². The van der Waals surface area contributed by atoms with Gasteiger partial charge >= 0.3 is 12.0 Å². The second-order valence-electron chi connectivity index (χ2n) is 5.65. The average molecular weight is 292 g/mol. The molecule has 0 aliphatic heterocycles. The Kier molecular flexibility index (Phi) is 4.35. The lowest BCUT2D eigenvalue weighted by Gasteiger charge is -2.27. The van der Waals surface area contributed by atoms with Crippen LogP contribution < -0.4 is 5.32 Å². The van der Waals surface area contributed by atoms with E-state index in [-0.39, 0.29) is 29.1 Å². The molecule has 0 saturated heterocycles. The summed E-state index contributed by atoms with van der Waals surface area (Å²) in [7, 11) is 0. The van der Waals surface area contributed by atoms with Crippen LogP contribution in [0.4, 0.5) is 10.5 Å². The van der Waals surface area contributed by atoms with Crippen molar-refractivity contribution in [2.75, 3.05) is 11.9 Å². The minimum Gasteiger partial charge on any atom is -0.508 e. The number of carbonyl (C=O) groups is 2. The van der Waals surface area contributed by atoms with Gasteiger partial charge in [-0.1, -0.05) is 0 Å². The molecular formula is C15H20N2O4. The number of amides is 2. The van der Waals surface area contributed by atoms with E-state index in [0.717, 1.165) is 18.9 Å². The van der Waals surface area contributed by atoms with Crippen molar-refractivity contribution in [3.63, 3.8) is 0 Å². The molecule has 0 atom stereocenters. The van der Waals surface area contributed by atoms with Crippen molar-refractivity contribution in [1.82, 2.24) is 4.90 Å². The topological polar surface area (TPSA) is 89.9 Å². The van der Waals surface area contributed by atoms with E-state index >= 15 is 0 Å². The third-order valence-corrected chi connectivity index (χ3v) is 3.51. The summed E-state index contributed by atoms with van der Waals surface area (Å²) in [5.41, 5.74) is 0.0604. The number of phenolic OH excluding ortho intramolecular Hbond substituents is 1. The van der Waals surface area contributed by atoms with Crippen molar-refractivity contribution >= 4 is 17.7 Å². The van der Waals surface area contributed by atoms with Gasteiger partial charge in [-0.05, 0) is 50.8 Å². The Bertz CT molecular complexity index is 553. The van der Waals surface area contributed by atoms with E-state index in [1.165, 1.54) is 12.1 Å². The van der Waals surface area contributed by atoms with Crippen LogP contribution in [0.25, 0.3) is 0 Å². The van der Waals surface area contributed by atoms with Gasteiger partial charge in [-0.25, -0.2) is 9.59 Å². The fraction of sp³-hybridized carbons (Fsp3) is 0.467. The number of aromatic carboxylic acids is 1. The molecule has 1 saturated carbocycles. The molecule has 1 aliphatic rings. The van der Waals surface area contributed by atoms with Crippen LogP contribution in [0.5, 0.6) is 5.75 Å². The minimum atomic E-state index is -1.19. The maximum atomic E-state index is 12.3. The van der Waals surface area contributed by atoms with Gasteiger partial charge in [0.25, 0.3) is 0 Å². The third kappa shape index (κ3) is 3.87. The molecular weight excluding hydrogens is 272 g/mol. The molecule has 114 valence electrons. The number of carboxylic acid groups (broad SMARTS) is 1. The van der Waals surface area contributed by atoms with Crippen molar-refractivity contribution in [1.29, 1.82) is 0 Å².